The summed E-state index contributed by atoms with van der Waals surface area (Å²) in [6.07, 6.45) is 4.17. The third kappa shape index (κ3) is 3.47. The molecule has 0 aromatic carbocycles. The molecule has 1 aromatic heterocycles. The van der Waals surface area contributed by atoms with Crippen molar-refractivity contribution in [3.05, 3.63) is 24.0 Å². The number of nitrogen functional groups attached to an aromatic ring is 1. The Bertz CT molecular complexity index is 293. The van der Waals surface area contributed by atoms with Crippen LogP contribution in [0.2, 0.25) is 0 Å². The summed E-state index contributed by atoms with van der Waals surface area (Å²) >= 11 is 0. The van der Waals surface area contributed by atoms with Crippen LogP contribution in [0.25, 0.3) is 0 Å². The van der Waals surface area contributed by atoms with Gasteiger partial charge in [0.1, 0.15) is 0 Å². The smallest absolute Gasteiger partial charge is 0.0517 e. The molecule has 0 spiro atoms. The summed E-state index contributed by atoms with van der Waals surface area (Å²) < 4.78 is 5.27. The number of nitrogens with two attached hydrogens (primary N) is 2. The van der Waals surface area contributed by atoms with Crippen molar-refractivity contribution in [1.29, 1.82) is 0 Å². The van der Waals surface area contributed by atoms with E-state index in [-0.39, 0.29) is 6.04 Å². The van der Waals surface area contributed by atoms with E-state index in [9.17, 15) is 0 Å². The molecule has 5 heteroatoms. The number of ether oxygens (including phenoxy) is 1. The van der Waals surface area contributed by atoms with Gasteiger partial charge in [-0.3, -0.25) is 16.3 Å². The quantitative estimate of drug-likeness (QED) is 0.363. The van der Waals surface area contributed by atoms with Gasteiger partial charge in [-0.1, -0.05) is 0 Å². The first-order valence-electron chi connectivity index (χ1n) is 5.02. The summed E-state index contributed by atoms with van der Waals surface area (Å²) in [5.74, 6) is 5.47. The van der Waals surface area contributed by atoms with Crippen LogP contribution in [-0.2, 0) is 4.74 Å². The van der Waals surface area contributed by atoms with Crippen LogP contribution in [0.15, 0.2) is 18.5 Å². The highest BCUT2D eigenvalue weighted by Gasteiger charge is 2.12. The predicted molar refractivity (Wildman–Crippen MR) is 59.8 cm³/mol. The molecule has 1 atom stereocenters. The SMILES string of the molecule is CCOCCC(NN)c1cnccc1N. The van der Waals surface area contributed by atoms with Crippen molar-refractivity contribution in [2.75, 3.05) is 18.9 Å². The zero-order valence-electron chi connectivity index (χ0n) is 8.94. The molecule has 0 aliphatic carbocycles. The monoisotopic (exact) mass is 210 g/mol. The van der Waals surface area contributed by atoms with Gasteiger partial charge in [0.2, 0.25) is 0 Å². The number of anilines is 1. The van der Waals surface area contributed by atoms with Gasteiger partial charge in [0, 0.05) is 36.9 Å². The maximum atomic E-state index is 5.82. The molecular formula is C10H18N4O. The third-order valence-electron chi connectivity index (χ3n) is 2.22. The molecule has 15 heavy (non-hydrogen) atoms. The van der Waals surface area contributed by atoms with Gasteiger partial charge in [-0.15, -0.1) is 0 Å². The van der Waals surface area contributed by atoms with Crippen molar-refractivity contribution in [3.8, 4) is 0 Å². The second-order valence-corrected chi connectivity index (χ2v) is 3.21. The molecule has 0 aliphatic rings. The number of rotatable bonds is 6. The van der Waals surface area contributed by atoms with E-state index in [1.165, 1.54) is 0 Å². The maximum absolute atomic E-state index is 5.82. The Morgan fingerprint density at radius 1 is 1.60 bits per heavy atom. The molecule has 0 saturated carbocycles. The minimum atomic E-state index is -0.00903. The number of hydrogen-bond donors (Lipinski definition) is 3. The highest BCUT2D eigenvalue weighted by molar-refractivity contribution is 5.46. The van der Waals surface area contributed by atoms with Crippen LogP contribution in [0.3, 0.4) is 0 Å². The molecular weight excluding hydrogens is 192 g/mol. The number of hydrogen-bond acceptors (Lipinski definition) is 5. The number of hydrazine groups is 1. The molecule has 5 N–H and O–H groups in total. The summed E-state index contributed by atoms with van der Waals surface area (Å²) in [6.45, 7) is 3.32. The number of nitrogens with one attached hydrogen (secondary N) is 1. The van der Waals surface area contributed by atoms with E-state index in [2.05, 4.69) is 10.4 Å². The van der Waals surface area contributed by atoms with Crippen molar-refractivity contribution in [3.63, 3.8) is 0 Å². The Kier molecular flexibility index (Phi) is 5.03. The molecule has 84 valence electrons. The Labute approximate surface area is 89.8 Å². The average molecular weight is 210 g/mol. The third-order valence-corrected chi connectivity index (χ3v) is 2.22. The van der Waals surface area contributed by atoms with Crippen LogP contribution in [0, 0.1) is 0 Å². The highest BCUT2D eigenvalue weighted by Crippen LogP contribution is 2.20. The van der Waals surface area contributed by atoms with Gasteiger partial charge >= 0.3 is 0 Å². The van der Waals surface area contributed by atoms with E-state index in [1.54, 1.807) is 18.5 Å². The molecule has 1 unspecified atom stereocenters. The molecule has 1 heterocycles. The lowest BCUT2D eigenvalue weighted by molar-refractivity contribution is 0.136. The van der Waals surface area contributed by atoms with Gasteiger partial charge in [0.05, 0.1) is 6.04 Å². The van der Waals surface area contributed by atoms with Gasteiger partial charge < -0.3 is 10.5 Å². The number of pyridine rings is 1. The summed E-state index contributed by atoms with van der Waals surface area (Å²) in [5, 5.41) is 0. The lowest BCUT2D eigenvalue weighted by Crippen LogP contribution is -2.29. The molecule has 0 radical (unpaired) electrons. The first kappa shape index (κ1) is 11.9. The lowest BCUT2D eigenvalue weighted by Gasteiger charge is -2.17. The number of nitrogens with zero attached hydrogens (tertiary/aromatic N) is 1. The first-order chi connectivity index (χ1) is 7.29. The summed E-state index contributed by atoms with van der Waals surface area (Å²) in [5.41, 5.74) is 10.2. The van der Waals surface area contributed by atoms with Gasteiger partial charge in [0.25, 0.3) is 0 Å². The number of aromatic nitrogens is 1. The van der Waals surface area contributed by atoms with Crippen LogP contribution in [0.5, 0.6) is 0 Å². The zero-order chi connectivity index (χ0) is 11.1. The molecule has 0 bridgehead atoms. The van der Waals surface area contributed by atoms with E-state index < -0.39 is 0 Å². The topological polar surface area (TPSA) is 86.2 Å². The largest absolute Gasteiger partial charge is 0.398 e. The van der Waals surface area contributed by atoms with Crippen molar-refractivity contribution in [1.82, 2.24) is 10.4 Å². The molecule has 0 amide bonds. The van der Waals surface area contributed by atoms with Gasteiger partial charge in [-0.05, 0) is 19.4 Å². The van der Waals surface area contributed by atoms with Crippen molar-refractivity contribution < 1.29 is 4.74 Å². The van der Waals surface area contributed by atoms with Crippen LogP contribution < -0.4 is 17.0 Å². The fraction of sp³-hybridized carbons (Fsp3) is 0.500. The Hall–Kier alpha value is -1.17. The van der Waals surface area contributed by atoms with Crippen molar-refractivity contribution in [2.45, 2.75) is 19.4 Å². The first-order valence-corrected chi connectivity index (χ1v) is 5.02. The normalized spacial score (nSPS) is 12.7. The average Bonchev–Trinajstić information content (AvgIpc) is 2.26. The Morgan fingerprint density at radius 2 is 2.40 bits per heavy atom. The van der Waals surface area contributed by atoms with Crippen molar-refractivity contribution >= 4 is 5.69 Å². The van der Waals surface area contributed by atoms with Crippen LogP contribution in [-0.4, -0.2) is 18.2 Å². The highest BCUT2D eigenvalue weighted by atomic mass is 16.5. The Balaban J connectivity index is 2.61. The molecule has 1 aromatic rings. The fourth-order valence-electron chi connectivity index (χ4n) is 1.38. The van der Waals surface area contributed by atoms with E-state index in [0.717, 1.165) is 12.0 Å². The van der Waals surface area contributed by atoms with E-state index >= 15 is 0 Å². The van der Waals surface area contributed by atoms with Crippen LogP contribution in [0.4, 0.5) is 5.69 Å². The van der Waals surface area contributed by atoms with Crippen LogP contribution in [0.1, 0.15) is 24.9 Å². The molecule has 0 aliphatic heterocycles. The van der Waals surface area contributed by atoms with E-state index in [4.69, 9.17) is 16.3 Å². The standard InChI is InChI=1S/C10H18N4O/c1-2-15-6-4-10(14-12)8-7-13-5-3-9(8)11/h3,5,7,10,14H,2,4,6,12H2,1H3,(H2,11,13). The molecule has 0 saturated heterocycles. The molecule has 1 rings (SSSR count). The second-order valence-electron chi connectivity index (χ2n) is 3.21. The summed E-state index contributed by atoms with van der Waals surface area (Å²) in [6, 6.07) is 1.76. The minimum Gasteiger partial charge on any atom is -0.398 e. The van der Waals surface area contributed by atoms with E-state index in [0.29, 0.717) is 18.9 Å². The van der Waals surface area contributed by atoms with Crippen LogP contribution >= 0.6 is 0 Å². The van der Waals surface area contributed by atoms with Gasteiger partial charge in [-0.2, -0.15) is 0 Å². The van der Waals surface area contributed by atoms with E-state index in [1.807, 2.05) is 6.92 Å². The lowest BCUT2D eigenvalue weighted by atomic mass is 10.1. The molecule has 0 fully saturated rings. The summed E-state index contributed by atoms with van der Waals surface area (Å²) in [7, 11) is 0. The zero-order valence-corrected chi connectivity index (χ0v) is 8.94. The second kappa shape index (κ2) is 6.34. The van der Waals surface area contributed by atoms with Gasteiger partial charge in [0.15, 0.2) is 0 Å². The Morgan fingerprint density at radius 3 is 3.00 bits per heavy atom. The minimum absolute atomic E-state index is 0.00903. The van der Waals surface area contributed by atoms with Crippen molar-refractivity contribution in [2.24, 2.45) is 5.84 Å². The fourth-order valence-corrected chi connectivity index (χ4v) is 1.38. The van der Waals surface area contributed by atoms with Gasteiger partial charge in [-0.25, -0.2) is 0 Å². The molecule has 5 nitrogen and oxygen atoms in total. The predicted octanol–water partition coefficient (Wildman–Crippen LogP) is 0.595. The maximum Gasteiger partial charge on any atom is 0.0517 e. The summed E-state index contributed by atoms with van der Waals surface area (Å²) in [4.78, 5) is 4.03.